The highest BCUT2D eigenvalue weighted by Crippen LogP contribution is 2.34. The molecule has 1 N–H and O–H groups in total. The van der Waals surface area contributed by atoms with E-state index in [4.69, 9.17) is 9.84 Å². The molecule has 0 aliphatic carbocycles. The zero-order valence-electron chi connectivity index (χ0n) is 22.8. The molecule has 4 aromatic heterocycles. The van der Waals surface area contributed by atoms with Gasteiger partial charge in [-0.05, 0) is 31.2 Å². The number of amides is 2. The number of pyridine rings is 2. The summed E-state index contributed by atoms with van der Waals surface area (Å²) in [5, 5.41) is 29.3. The molecule has 0 saturated carbocycles. The number of nitriles is 1. The average Bonchev–Trinajstić information content (AvgIpc) is 3.55. The van der Waals surface area contributed by atoms with Crippen LogP contribution in [0, 0.1) is 30.0 Å². The maximum absolute atomic E-state index is 13.3. The second-order valence-corrected chi connectivity index (χ2v) is 10.3. The SMILES string of the molecule is C=CC(=O)N1CC(C(=O)N2CCn3nc(-c4cc(OCC(O)c5ccc(F)cn5)c5c(C#N)cnn5c4)c(C)c3C2)C1. The first-order chi connectivity index (χ1) is 20.3. The zero-order valence-corrected chi connectivity index (χ0v) is 22.8. The van der Waals surface area contributed by atoms with Crippen LogP contribution in [0.5, 0.6) is 5.75 Å². The molecule has 6 heterocycles. The fraction of sp³-hybridized carbons (Fsp3) is 0.310. The van der Waals surface area contributed by atoms with Gasteiger partial charge in [-0.1, -0.05) is 6.58 Å². The van der Waals surface area contributed by atoms with E-state index in [2.05, 4.69) is 22.7 Å². The van der Waals surface area contributed by atoms with Crippen LogP contribution >= 0.6 is 0 Å². The molecule has 1 atom stereocenters. The van der Waals surface area contributed by atoms with Crippen LogP contribution in [0.4, 0.5) is 4.39 Å². The van der Waals surface area contributed by atoms with Gasteiger partial charge in [0, 0.05) is 37.0 Å². The van der Waals surface area contributed by atoms with Crippen molar-refractivity contribution in [3.63, 3.8) is 0 Å². The smallest absolute Gasteiger partial charge is 0.246 e. The van der Waals surface area contributed by atoms with E-state index >= 15 is 0 Å². The highest BCUT2D eigenvalue weighted by atomic mass is 19.1. The Morgan fingerprint density at radius 1 is 1.29 bits per heavy atom. The number of carbonyl (C=O) groups is 2. The average molecular weight is 571 g/mol. The number of aliphatic hydroxyl groups excluding tert-OH is 1. The fourth-order valence-corrected chi connectivity index (χ4v) is 5.36. The van der Waals surface area contributed by atoms with Crippen molar-refractivity contribution < 1.29 is 23.8 Å². The summed E-state index contributed by atoms with van der Waals surface area (Å²) >= 11 is 0. The first-order valence-corrected chi connectivity index (χ1v) is 13.4. The van der Waals surface area contributed by atoms with E-state index in [-0.39, 0.29) is 30.0 Å². The zero-order chi connectivity index (χ0) is 29.5. The molecule has 42 heavy (non-hydrogen) atoms. The number of aromatic nitrogens is 5. The standard InChI is InChI=1S/C29H27FN8O4/c1-3-26(40)36-12-20(13-36)29(41)35-6-7-37-23(15-35)17(2)27(34-37)18-8-25(28-19(9-31)10-33-38(28)14-18)42-16-24(39)22-5-4-21(30)11-32-22/h3-5,8,10-11,14,20,24,39H,1,6-7,12-13,15-16H2,2H3. The number of halogens is 1. The Hall–Kier alpha value is -5.09. The molecule has 0 radical (unpaired) electrons. The van der Waals surface area contributed by atoms with E-state index in [0.717, 1.165) is 17.5 Å². The number of carbonyl (C=O) groups excluding carboxylic acids is 2. The van der Waals surface area contributed by atoms with Crippen molar-refractivity contribution in [1.29, 1.82) is 5.26 Å². The molecule has 2 aliphatic heterocycles. The van der Waals surface area contributed by atoms with Crippen molar-refractivity contribution in [2.24, 2.45) is 5.92 Å². The third-order valence-corrected chi connectivity index (χ3v) is 7.73. The topological polar surface area (TPSA) is 142 Å². The molecule has 1 unspecified atom stereocenters. The number of nitrogens with zero attached hydrogens (tertiary/aromatic N) is 8. The molecule has 1 fully saturated rings. The highest BCUT2D eigenvalue weighted by molar-refractivity contribution is 5.90. The number of fused-ring (bicyclic) bond motifs is 2. The molecule has 1 saturated heterocycles. The summed E-state index contributed by atoms with van der Waals surface area (Å²) in [6.45, 7) is 7.46. The monoisotopic (exact) mass is 570 g/mol. The Morgan fingerprint density at radius 2 is 2.10 bits per heavy atom. The minimum Gasteiger partial charge on any atom is -0.488 e. The largest absolute Gasteiger partial charge is 0.488 e. The molecule has 4 aromatic rings. The number of likely N-dealkylation sites (tertiary alicyclic amines) is 1. The molecule has 2 aliphatic rings. The van der Waals surface area contributed by atoms with Crippen LogP contribution in [0.1, 0.15) is 28.6 Å². The van der Waals surface area contributed by atoms with E-state index in [9.17, 15) is 24.3 Å². The van der Waals surface area contributed by atoms with Gasteiger partial charge in [0.05, 0.1) is 48.5 Å². The van der Waals surface area contributed by atoms with Gasteiger partial charge in [0.25, 0.3) is 0 Å². The molecule has 0 spiro atoms. The molecule has 214 valence electrons. The van der Waals surface area contributed by atoms with Crippen LogP contribution in [0.25, 0.3) is 16.8 Å². The molecule has 0 bridgehead atoms. The van der Waals surface area contributed by atoms with Crippen LogP contribution in [0.3, 0.4) is 0 Å². The van der Waals surface area contributed by atoms with Crippen molar-refractivity contribution in [3.05, 3.63) is 77.8 Å². The number of ether oxygens (including phenoxy) is 1. The van der Waals surface area contributed by atoms with Gasteiger partial charge in [-0.3, -0.25) is 19.3 Å². The molecule has 12 nitrogen and oxygen atoms in total. The van der Waals surface area contributed by atoms with Gasteiger partial charge < -0.3 is 19.6 Å². The lowest BCUT2D eigenvalue weighted by Crippen LogP contribution is -2.56. The summed E-state index contributed by atoms with van der Waals surface area (Å²) in [4.78, 5) is 32.2. The lowest BCUT2D eigenvalue weighted by Gasteiger charge is -2.41. The highest BCUT2D eigenvalue weighted by Gasteiger charge is 2.38. The van der Waals surface area contributed by atoms with Gasteiger partial charge in [-0.25, -0.2) is 8.91 Å². The minimum absolute atomic E-state index is 0.0170. The van der Waals surface area contributed by atoms with Crippen molar-refractivity contribution >= 4 is 17.3 Å². The minimum atomic E-state index is -1.13. The number of rotatable bonds is 7. The maximum Gasteiger partial charge on any atom is 0.246 e. The van der Waals surface area contributed by atoms with Crippen LogP contribution in [0.2, 0.25) is 0 Å². The van der Waals surface area contributed by atoms with E-state index in [0.29, 0.717) is 60.8 Å². The normalized spacial score (nSPS) is 15.6. The Kier molecular flexibility index (Phi) is 6.91. The quantitative estimate of drug-likeness (QED) is 0.333. The van der Waals surface area contributed by atoms with E-state index in [1.165, 1.54) is 28.9 Å². The molecule has 13 heteroatoms. The van der Waals surface area contributed by atoms with Gasteiger partial charge in [-0.2, -0.15) is 15.5 Å². The Bertz CT molecular complexity index is 1750. The van der Waals surface area contributed by atoms with Gasteiger partial charge >= 0.3 is 0 Å². The molecular formula is C29H27FN8O4. The van der Waals surface area contributed by atoms with Gasteiger partial charge in [0.1, 0.15) is 41.4 Å². The Labute approximate surface area is 239 Å². The third-order valence-electron chi connectivity index (χ3n) is 7.73. The molecule has 2 amide bonds. The predicted molar refractivity (Wildman–Crippen MR) is 146 cm³/mol. The lowest BCUT2D eigenvalue weighted by molar-refractivity contribution is -0.147. The lowest BCUT2D eigenvalue weighted by atomic mass is 9.97. The molecular weight excluding hydrogens is 543 g/mol. The van der Waals surface area contributed by atoms with Crippen molar-refractivity contribution in [1.82, 2.24) is 34.2 Å². The Morgan fingerprint density at radius 3 is 2.81 bits per heavy atom. The third kappa shape index (κ3) is 4.75. The summed E-state index contributed by atoms with van der Waals surface area (Å²) in [7, 11) is 0. The van der Waals surface area contributed by atoms with Crippen molar-refractivity contribution in [2.75, 3.05) is 26.2 Å². The molecule has 6 rings (SSSR count). The summed E-state index contributed by atoms with van der Waals surface area (Å²) in [6, 6.07) is 6.44. The summed E-state index contributed by atoms with van der Waals surface area (Å²) in [5.74, 6) is -0.575. The Balaban J connectivity index is 1.25. The van der Waals surface area contributed by atoms with E-state index < -0.39 is 11.9 Å². The van der Waals surface area contributed by atoms with Crippen LogP contribution < -0.4 is 4.74 Å². The second-order valence-electron chi connectivity index (χ2n) is 10.3. The van der Waals surface area contributed by atoms with E-state index in [1.54, 1.807) is 17.2 Å². The van der Waals surface area contributed by atoms with Crippen molar-refractivity contribution in [2.45, 2.75) is 26.1 Å². The summed E-state index contributed by atoms with van der Waals surface area (Å²) in [6.07, 6.45) is 4.33. The maximum atomic E-state index is 13.3. The summed E-state index contributed by atoms with van der Waals surface area (Å²) < 4.78 is 22.7. The first kappa shape index (κ1) is 27.1. The number of aliphatic hydroxyl groups is 1. The second kappa shape index (κ2) is 10.7. The van der Waals surface area contributed by atoms with Crippen LogP contribution in [-0.4, -0.2) is 77.3 Å². The van der Waals surface area contributed by atoms with E-state index in [1.807, 2.05) is 16.5 Å². The number of hydrogen-bond donors (Lipinski definition) is 1. The first-order valence-electron chi connectivity index (χ1n) is 13.4. The van der Waals surface area contributed by atoms with Crippen molar-refractivity contribution in [3.8, 4) is 23.1 Å². The number of hydrogen-bond acceptors (Lipinski definition) is 8. The molecule has 0 aromatic carbocycles. The van der Waals surface area contributed by atoms with Crippen LogP contribution in [-0.2, 0) is 22.7 Å². The van der Waals surface area contributed by atoms with Gasteiger partial charge in [-0.15, -0.1) is 0 Å². The predicted octanol–water partition coefficient (Wildman–Crippen LogP) is 2.01. The van der Waals surface area contributed by atoms with Gasteiger partial charge in [0.2, 0.25) is 11.8 Å². The van der Waals surface area contributed by atoms with Gasteiger partial charge in [0.15, 0.2) is 0 Å². The fourth-order valence-electron chi connectivity index (χ4n) is 5.36. The summed E-state index contributed by atoms with van der Waals surface area (Å²) in [5.41, 5.74) is 4.12. The van der Waals surface area contributed by atoms with Crippen LogP contribution in [0.15, 0.2) is 49.4 Å².